The summed E-state index contributed by atoms with van der Waals surface area (Å²) in [5, 5.41) is 2.82. The number of nitrogens with zero attached hydrogens (tertiary/aromatic N) is 1. The lowest BCUT2D eigenvalue weighted by Crippen LogP contribution is -3.12. The number of quaternary nitrogens is 1. The Labute approximate surface area is 138 Å². The number of hydrogen-bond acceptors (Lipinski definition) is 4. The van der Waals surface area contributed by atoms with Crippen molar-refractivity contribution in [2.45, 2.75) is 6.54 Å². The van der Waals surface area contributed by atoms with Gasteiger partial charge < -0.3 is 24.4 Å². The van der Waals surface area contributed by atoms with Crippen molar-refractivity contribution in [3.63, 3.8) is 0 Å². The van der Waals surface area contributed by atoms with Crippen LogP contribution in [0.3, 0.4) is 0 Å². The molecule has 124 valence electrons. The fourth-order valence-electron chi connectivity index (χ4n) is 2.90. The quantitative estimate of drug-likeness (QED) is 0.662. The number of ether oxygens (including phenoxy) is 1. The van der Waals surface area contributed by atoms with Crippen LogP contribution in [-0.2, 0) is 11.3 Å². The molecular formula is C17H19N4O3+. The molecule has 1 fully saturated rings. The molecule has 0 unspecified atom stereocenters. The van der Waals surface area contributed by atoms with Crippen LogP contribution in [0.5, 0.6) is 0 Å². The zero-order valence-electron chi connectivity index (χ0n) is 13.2. The molecule has 3 aromatic rings. The topological polar surface area (TPSA) is 84.6 Å². The molecule has 24 heavy (non-hydrogen) atoms. The van der Waals surface area contributed by atoms with E-state index >= 15 is 0 Å². The number of carbonyl (C=O) groups excluding carboxylic acids is 1. The molecular weight excluding hydrogens is 308 g/mol. The van der Waals surface area contributed by atoms with Gasteiger partial charge in [-0.1, -0.05) is 0 Å². The number of aromatic nitrogens is 2. The summed E-state index contributed by atoms with van der Waals surface area (Å²) < 4.78 is 10.5. The van der Waals surface area contributed by atoms with Gasteiger partial charge in [-0.3, -0.25) is 4.79 Å². The minimum absolute atomic E-state index is 0.267. The summed E-state index contributed by atoms with van der Waals surface area (Å²) in [6.45, 7) is 4.46. The summed E-state index contributed by atoms with van der Waals surface area (Å²) in [5.41, 5.74) is 2.52. The number of anilines is 1. The van der Waals surface area contributed by atoms with Gasteiger partial charge in [-0.25, -0.2) is 4.98 Å². The molecule has 3 heterocycles. The zero-order chi connectivity index (χ0) is 16.4. The maximum atomic E-state index is 12.0. The highest BCUT2D eigenvalue weighted by atomic mass is 16.5. The molecule has 0 saturated carbocycles. The Morgan fingerprint density at radius 2 is 2.17 bits per heavy atom. The van der Waals surface area contributed by atoms with Gasteiger partial charge in [0.25, 0.3) is 5.91 Å². The van der Waals surface area contributed by atoms with E-state index < -0.39 is 0 Å². The molecule has 2 aromatic heterocycles. The first kappa shape index (κ1) is 14.9. The Balaban J connectivity index is 1.49. The number of aromatic amines is 1. The fourth-order valence-corrected chi connectivity index (χ4v) is 2.90. The second-order valence-electron chi connectivity index (χ2n) is 5.89. The lowest BCUT2D eigenvalue weighted by atomic mass is 10.2. The second-order valence-corrected chi connectivity index (χ2v) is 5.89. The van der Waals surface area contributed by atoms with E-state index in [9.17, 15) is 4.79 Å². The molecule has 0 aliphatic carbocycles. The number of carbonyl (C=O) groups is 1. The van der Waals surface area contributed by atoms with Crippen molar-refractivity contribution >= 4 is 22.6 Å². The molecule has 3 N–H and O–H groups in total. The molecule has 1 saturated heterocycles. The lowest BCUT2D eigenvalue weighted by molar-refractivity contribution is -0.922. The first-order chi connectivity index (χ1) is 11.8. The summed E-state index contributed by atoms with van der Waals surface area (Å²) in [7, 11) is 0. The lowest BCUT2D eigenvalue weighted by Gasteiger charge is -2.22. The molecule has 0 radical (unpaired) electrons. The van der Waals surface area contributed by atoms with E-state index in [1.165, 1.54) is 11.2 Å². The molecule has 0 spiro atoms. The van der Waals surface area contributed by atoms with Crippen molar-refractivity contribution in [2.24, 2.45) is 0 Å². The van der Waals surface area contributed by atoms with E-state index in [1.807, 2.05) is 18.2 Å². The molecule has 7 nitrogen and oxygen atoms in total. The zero-order valence-corrected chi connectivity index (χ0v) is 13.2. The Hall–Kier alpha value is -2.64. The van der Waals surface area contributed by atoms with Crippen LogP contribution in [0.2, 0.25) is 0 Å². The van der Waals surface area contributed by atoms with Crippen molar-refractivity contribution in [1.82, 2.24) is 9.97 Å². The van der Waals surface area contributed by atoms with Crippen LogP contribution in [0.25, 0.3) is 11.0 Å². The number of morpholine rings is 1. The number of rotatable bonds is 4. The van der Waals surface area contributed by atoms with E-state index in [1.54, 1.807) is 12.1 Å². The Morgan fingerprint density at radius 3 is 2.96 bits per heavy atom. The van der Waals surface area contributed by atoms with E-state index in [4.69, 9.17) is 9.15 Å². The Bertz CT molecular complexity index is 835. The highest BCUT2D eigenvalue weighted by molar-refractivity contribution is 6.03. The number of fused-ring (bicyclic) bond motifs is 1. The van der Waals surface area contributed by atoms with Crippen molar-refractivity contribution in [1.29, 1.82) is 0 Å². The maximum Gasteiger partial charge on any atom is 0.291 e. The largest absolute Gasteiger partial charge is 0.459 e. The van der Waals surface area contributed by atoms with Crippen LogP contribution < -0.4 is 10.2 Å². The average Bonchev–Trinajstić information content (AvgIpc) is 3.24. The van der Waals surface area contributed by atoms with Crippen LogP contribution in [0.4, 0.5) is 5.69 Å². The number of amides is 1. The normalized spacial score (nSPS) is 15.7. The van der Waals surface area contributed by atoms with Crippen LogP contribution >= 0.6 is 0 Å². The van der Waals surface area contributed by atoms with E-state index in [0.29, 0.717) is 5.69 Å². The first-order valence-corrected chi connectivity index (χ1v) is 8.03. The van der Waals surface area contributed by atoms with Gasteiger partial charge in [0, 0.05) is 5.69 Å². The third-order valence-electron chi connectivity index (χ3n) is 4.15. The predicted octanol–water partition coefficient (Wildman–Crippen LogP) is 0.823. The first-order valence-electron chi connectivity index (χ1n) is 8.03. The maximum absolute atomic E-state index is 12.0. The predicted molar refractivity (Wildman–Crippen MR) is 88.0 cm³/mol. The van der Waals surface area contributed by atoms with Crippen molar-refractivity contribution in [2.75, 3.05) is 31.6 Å². The number of benzene rings is 1. The molecule has 1 amide bonds. The number of furan rings is 1. The summed E-state index contributed by atoms with van der Waals surface area (Å²) in [5.74, 6) is 0.976. The van der Waals surface area contributed by atoms with Crippen LogP contribution in [0, 0.1) is 0 Å². The smallest absolute Gasteiger partial charge is 0.291 e. The van der Waals surface area contributed by atoms with Gasteiger partial charge >= 0.3 is 0 Å². The SMILES string of the molecule is O=C(Nc1ccc2nc(C[NH+]3CCOCC3)[nH]c2c1)c1ccco1. The highest BCUT2D eigenvalue weighted by Crippen LogP contribution is 2.18. The highest BCUT2D eigenvalue weighted by Gasteiger charge is 2.16. The van der Waals surface area contributed by atoms with Gasteiger partial charge in [-0.05, 0) is 30.3 Å². The number of nitrogens with one attached hydrogen (secondary N) is 3. The number of imidazole rings is 1. The minimum Gasteiger partial charge on any atom is -0.459 e. The van der Waals surface area contributed by atoms with Gasteiger partial charge in [0.05, 0.1) is 30.5 Å². The monoisotopic (exact) mass is 327 g/mol. The standard InChI is InChI=1S/C17H18N4O3/c22-17(15-2-1-7-24-15)18-12-3-4-13-14(10-12)20-16(19-13)11-21-5-8-23-9-6-21/h1-4,7,10H,5-6,8-9,11H2,(H,18,22)(H,19,20)/p+1. The van der Waals surface area contributed by atoms with Crippen LogP contribution in [-0.4, -0.2) is 42.2 Å². The summed E-state index contributed by atoms with van der Waals surface area (Å²) >= 11 is 0. The molecule has 1 aromatic carbocycles. The van der Waals surface area contributed by atoms with Gasteiger partial charge in [0.15, 0.2) is 11.6 Å². The van der Waals surface area contributed by atoms with Crippen molar-refractivity contribution < 1.29 is 18.8 Å². The van der Waals surface area contributed by atoms with E-state index in [0.717, 1.165) is 49.7 Å². The van der Waals surface area contributed by atoms with Crippen molar-refractivity contribution in [3.8, 4) is 0 Å². The van der Waals surface area contributed by atoms with Gasteiger partial charge in [0.1, 0.15) is 19.6 Å². The number of H-pyrrole nitrogens is 1. The molecule has 1 aliphatic heterocycles. The van der Waals surface area contributed by atoms with Crippen LogP contribution in [0.1, 0.15) is 16.4 Å². The van der Waals surface area contributed by atoms with Crippen LogP contribution in [0.15, 0.2) is 41.0 Å². The summed E-state index contributed by atoms with van der Waals surface area (Å²) in [6, 6.07) is 8.96. The number of hydrogen-bond donors (Lipinski definition) is 3. The van der Waals surface area contributed by atoms with Crippen molar-refractivity contribution in [3.05, 3.63) is 48.2 Å². The molecule has 4 rings (SSSR count). The third-order valence-corrected chi connectivity index (χ3v) is 4.15. The Kier molecular flexibility index (Phi) is 4.02. The average molecular weight is 327 g/mol. The van der Waals surface area contributed by atoms with E-state index in [-0.39, 0.29) is 11.7 Å². The third kappa shape index (κ3) is 3.17. The fraction of sp³-hybridized carbons (Fsp3) is 0.294. The van der Waals surface area contributed by atoms with Gasteiger partial charge in [-0.2, -0.15) is 0 Å². The minimum atomic E-state index is -0.267. The Morgan fingerprint density at radius 1 is 1.29 bits per heavy atom. The van der Waals surface area contributed by atoms with Gasteiger partial charge in [0.2, 0.25) is 0 Å². The molecule has 1 aliphatic rings. The molecule has 0 atom stereocenters. The van der Waals surface area contributed by atoms with Gasteiger partial charge in [-0.15, -0.1) is 0 Å². The summed E-state index contributed by atoms with van der Waals surface area (Å²) in [4.78, 5) is 21.5. The molecule has 0 bridgehead atoms. The molecule has 7 heteroatoms. The van der Waals surface area contributed by atoms with E-state index in [2.05, 4.69) is 15.3 Å². The summed E-state index contributed by atoms with van der Waals surface area (Å²) in [6.07, 6.45) is 1.48. The second kappa shape index (κ2) is 6.46.